The number of nitrogens with two attached hydrogens (primary N) is 1. The van der Waals surface area contributed by atoms with E-state index < -0.39 is 5.97 Å². The molecule has 0 radical (unpaired) electrons. The number of carbonyl (C=O) groups excluding carboxylic acids is 2. The fourth-order valence-corrected chi connectivity index (χ4v) is 1.48. The SMILES string of the molecule is CCOC(=O)CNC(=O)CCc1cccc(N)c1. The summed E-state index contributed by atoms with van der Waals surface area (Å²) in [7, 11) is 0. The Bertz CT molecular complexity index is 418. The van der Waals surface area contributed by atoms with Gasteiger partial charge in [0.05, 0.1) is 6.61 Å². The van der Waals surface area contributed by atoms with E-state index >= 15 is 0 Å². The van der Waals surface area contributed by atoms with Crippen molar-refractivity contribution in [1.82, 2.24) is 5.32 Å². The zero-order valence-electron chi connectivity index (χ0n) is 10.4. The predicted octanol–water partition coefficient (Wildman–Crippen LogP) is 0.881. The van der Waals surface area contributed by atoms with Crippen molar-refractivity contribution < 1.29 is 14.3 Å². The number of rotatable bonds is 6. The van der Waals surface area contributed by atoms with Gasteiger partial charge in [0, 0.05) is 12.1 Å². The third-order valence-corrected chi connectivity index (χ3v) is 2.33. The van der Waals surface area contributed by atoms with Crippen LogP contribution in [0.1, 0.15) is 18.9 Å². The topological polar surface area (TPSA) is 81.4 Å². The van der Waals surface area contributed by atoms with Crippen LogP contribution in [0.4, 0.5) is 5.69 Å². The summed E-state index contributed by atoms with van der Waals surface area (Å²) in [6.45, 7) is 1.96. The van der Waals surface area contributed by atoms with E-state index in [9.17, 15) is 9.59 Å². The second kappa shape index (κ2) is 7.32. The largest absolute Gasteiger partial charge is 0.465 e. The van der Waals surface area contributed by atoms with Gasteiger partial charge in [-0.05, 0) is 31.0 Å². The first-order valence-corrected chi connectivity index (χ1v) is 5.88. The van der Waals surface area contributed by atoms with Gasteiger partial charge in [0.15, 0.2) is 0 Å². The van der Waals surface area contributed by atoms with Crippen LogP contribution in [0.3, 0.4) is 0 Å². The Morgan fingerprint density at radius 2 is 2.17 bits per heavy atom. The zero-order valence-corrected chi connectivity index (χ0v) is 10.4. The number of benzene rings is 1. The van der Waals surface area contributed by atoms with Gasteiger partial charge in [0.1, 0.15) is 6.54 Å². The molecule has 0 atom stereocenters. The summed E-state index contributed by atoms with van der Waals surface area (Å²) >= 11 is 0. The number of aryl methyl sites for hydroxylation is 1. The second-order valence-electron chi connectivity index (χ2n) is 3.83. The molecule has 0 unspecified atom stereocenters. The van der Waals surface area contributed by atoms with Crippen molar-refractivity contribution in [2.75, 3.05) is 18.9 Å². The Hall–Kier alpha value is -2.04. The smallest absolute Gasteiger partial charge is 0.325 e. The maximum Gasteiger partial charge on any atom is 0.325 e. The lowest BCUT2D eigenvalue weighted by Gasteiger charge is -2.05. The van der Waals surface area contributed by atoms with Crippen LogP contribution < -0.4 is 11.1 Å². The van der Waals surface area contributed by atoms with Gasteiger partial charge in [0.2, 0.25) is 5.91 Å². The van der Waals surface area contributed by atoms with Crippen molar-refractivity contribution >= 4 is 17.6 Å². The van der Waals surface area contributed by atoms with Crippen LogP contribution in [-0.4, -0.2) is 25.0 Å². The summed E-state index contributed by atoms with van der Waals surface area (Å²) in [4.78, 5) is 22.5. The van der Waals surface area contributed by atoms with Gasteiger partial charge in [0.25, 0.3) is 0 Å². The van der Waals surface area contributed by atoms with E-state index in [-0.39, 0.29) is 12.5 Å². The number of esters is 1. The first-order valence-electron chi connectivity index (χ1n) is 5.88. The maximum atomic E-state index is 11.5. The summed E-state index contributed by atoms with van der Waals surface area (Å²) in [5, 5.41) is 2.51. The van der Waals surface area contributed by atoms with Crippen molar-refractivity contribution in [2.24, 2.45) is 0 Å². The van der Waals surface area contributed by atoms with Crippen molar-refractivity contribution in [3.63, 3.8) is 0 Å². The van der Waals surface area contributed by atoms with Gasteiger partial charge in [-0.3, -0.25) is 9.59 Å². The molecule has 0 spiro atoms. The van der Waals surface area contributed by atoms with Crippen LogP contribution in [0.25, 0.3) is 0 Å². The highest BCUT2D eigenvalue weighted by atomic mass is 16.5. The highest BCUT2D eigenvalue weighted by Crippen LogP contribution is 2.08. The number of anilines is 1. The average molecular weight is 250 g/mol. The van der Waals surface area contributed by atoms with E-state index in [0.29, 0.717) is 25.1 Å². The monoisotopic (exact) mass is 250 g/mol. The molecule has 1 aromatic carbocycles. The van der Waals surface area contributed by atoms with Gasteiger partial charge in [-0.15, -0.1) is 0 Å². The second-order valence-corrected chi connectivity index (χ2v) is 3.83. The van der Waals surface area contributed by atoms with E-state index in [2.05, 4.69) is 5.32 Å². The Morgan fingerprint density at radius 1 is 1.39 bits per heavy atom. The van der Waals surface area contributed by atoms with E-state index in [4.69, 9.17) is 10.5 Å². The molecular formula is C13H18N2O3. The molecule has 18 heavy (non-hydrogen) atoms. The maximum absolute atomic E-state index is 11.5. The van der Waals surface area contributed by atoms with Crippen LogP contribution in [0, 0.1) is 0 Å². The molecule has 0 saturated heterocycles. The molecule has 0 heterocycles. The highest BCUT2D eigenvalue weighted by molar-refractivity contribution is 5.82. The molecule has 98 valence electrons. The number of nitrogens with one attached hydrogen (secondary N) is 1. The molecule has 0 aliphatic rings. The minimum Gasteiger partial charge on any atom is -0.465 e. The lowest BCUT2D eigenvalue weighted by atomic mass is 10.1. The highest BCUT2D eigenvalue weighted by Gasteiger charge is 2.06. The Morgan fingerprint density at radius 3 is 2.83 bits per heavy atom. The van der Waals surface area contributed by atoms with Crippen molar-refractivity contribution in [1.29, 1.82) is 0 Å². The Labute approximate surface area is 106 Å². The van der Waals surface area contributed by atoms with Crippen molar-refractivity contribution in [3.05, 3.63) is 29.8 Å². The molecule has 0 aromatic heterocycles. The number of amides is 1. The number of hydrogen-bond acceptors (Lipinski definition) is 4. The normalized spacial score (nSPS) is 9.83. The fraction of sp³-hybridized carbons (Fsp3) is 0.385. The molecule has 5 nitrogen and oxygen atoms in total. The Kier molecular flexibility index (Phi) is 5.70. The summed E-state index contributed by atoms with van der Waals surface area (Å²) in [5.41, 5.74) is 7.32. The molecule has 0 saturated carbocycles. The van der Waals surface area contributed by atoms with E-state index in [1.54, 1.807) is 13.0 Å². The van der Waals surface area contributed by atoms with E-state index in [0.717, 1.165) is 5.56 Å². The molecule has 1 amide bonds. The summed E-state index contributed by atoms with van der Waals surface area (Å²) < 4.78 is 4.70. The molecule has 5 heteroatoms. The van der Waals surface area contributed by atoms with E-state index in [1.165, 1.54) is 0 Å². The Balaban J connectivity index is 2.27. The molecule has 1 aromatic rings. The van der Waals surface area contributed by atoms with Crippen LogP contribution >= 0.6 is 0 Å². The van der Waals surface area contributed by atoms with Crippen LogP contribution in [-0.2, 0) is 20.7 Å². The molecular weight excluding hydrogens is 232 g/mol. The molecule has 1 rings (SSSR count). The third kappa shape index (κ3) is 5.34. The van der Waals surface area contributed by atoms with Gasteiger partial charge >= 0.3 is 5.97 Å². The van der Waals surface area contributed by atoms with Crippen molar-refractivity contribution in [3.8, 4) is 0 Å². The fourth-order valence-electron chi connectivity index (χ4n) is 1.48. The molecule has 0 fully saturated rings. The summed E-state index contributed by atoms with van der Waals surface area (Å²) in [6, 6.07) is 7.39. The van der Waals surface area contributed by atoms with Gasteiger partial charge < -0.3 is 15.8 Å². The quantitative estimate of drug-likeness (QED) is 0.580. The number of nitrogen functional groups attached to an aromatic ring is 1. The van der Waals surface area contributed by atoms with Crippen LogP contribution in [0.15, 0.2) is 24.3 Å². The van der Waals surface area contributed by atoms with Gasteiger partial charge in [-0.2, -0.15) is 0 Å². The van der Waals surface area contributed by atoms with Crippen LogP contribution in [0.2, 0.25) is 0 Å². The van der Waals surface area contributed by atoms with E-state index in [1.807, 2.05) is 18.2 Å². The first kappa shape index (κ1) is 14.0. The lowest BCUT2D eigenvalue weighted by molar-refractivity contribution is -0.143. The third-order valence-electron chi connectivity index (χ3n) is 2.33. The number of ether oxygens (including phenoxy) is 1. The number of carbonyl (C=O) groups is 2. The molecule has 0 bridgehead atoms. The molecule has 0 aliphatic heterocycles. The summed E-state index contributed by atoms with van der Waals surface area (Å²) in [6.07, 6.45) is 0.919. The van der Waals surface area contributed by atoms with Crippen LogP contribution in [0.5, 0.6) is 0 Å². The van der Waals surface area contributed by atoms with Gasteiger partial charge in [-0.25, -0.2) is 0 Å². The van der Waals surface area contributed by atoms with Gasteiger partial charge in [-0.1, -0.05) is 12.1 Å². The first-order chi connectivity index (χ1) is 8.61. The summed E-state index contributed by atoms with van der Waals surface area (Å²) in [5.74, 6) is -0.597. The lowest BCUT2D eigenvalue weighted by Crippen LogP contribution is -2.30. The molecule has 0 aliphatic carbocycles. The number of hydrogen-bond donors (Lipinski definition) is 2. The zero-order chi connectivity index (χ0) is 13.4. The average Bonchev–Trinajstić information content (AvgIpc) is 2.34. The predicted molar refractivity (Wildman–Crippen MR) is 68.8 cm³/mol. The molecule has 3 N–H and O–H groups in total. The minimum absolute atomic E-state index is 0.0798. The standard InChI is InChI=1S/C13H18N2O3/c1-2-18-13(17)9-15-12(16)7-6-10-4-3-5-11(14)8-10/h3-5,8H,2,6-7,9,14H2,1H3,(H,15,16). The minimum atomic E-state index is -0.421. The van der Waals surface area contributed by atoms with Crippen molar-refractivity contribution in [2.45, 2.75) is 19.8 Å².